The molecule has 0 bridgehead atoms. The van der Waals surface area contributed by atoms with Crippen LogP contribution in [0, 0.1) is 11.3 Å². The molecule has 0 N–H and O–H groups in total. The molecule has 0 radical (unpaired) electrons. The summed E-state index contributed by atoms with van der Waals surface area (Å²) in [6.07, 6.45) is 1.30. The van der Waals surface area contributed by atoms with Gasteiger partial charge in [-0.2, -0.15) is 5.26 Å². The first-order chi connectivity index (χ1) is 8.59. The maximum atomic E-state index is 12.4. The van der Waals surface area contributed by atoms with Crippen molar-refractivity contribution in [2.75, 3.05) is 13.2 Å². The molecule has 0 fully saturated rings. The lowest BCUT2D eigenvalue weighted by Gasteiger charge is -2.19. The van der Waals surface area contributed by atoms with Crippen molar-refractivity contribution in [2.45, 2.75) is 19.5 Å². The molecule has 1 aromatic rings. The van der Waals surface area contributed by atoms with Gasteiger partial charge in [-0.1, -0.05) is 0 Å². The van der Waals surface area contributed by atoms with E-state index >= 15 is 0 Å². The number of nitriles is 1. The number of nitrogens with zero attached hydrogens (tertiary/aromatic N) is 1. The maximum absolute atomic E-state index is 12.4. The number of carbonyl (C=O) groups excluding carboxylic acids is 1. The second-order valence-corrected chi connectivity index (χ2v) is 5.36. The molecule has 0 aromatic carbocycles. The van der Waals surface area contributed by atoms with Crippen molar-refractivity contribution in [3.05, 3.63) is 24.2 Å². The van der Waals surface area contributed by atoms with E-state index in [0.717, 1.165) is 0 Å². The summed E-state index contributed by atoms with van der Waals surface area (Å²) in [6.45, 7) is 3.39. The Balaban J connectivity index is 3.04. The highest BCUT2D eigenvalue weighted by Crippen LogP contribution is 2.53. The highest BCUT2D eigenvalue weighted by molar-refractivity contribution is 7.56. The molecule has 0 saturated heterocycles. The Labute approximate surface area is 105 Å². The van der Waals surface area contributed by atoms with Gasteiger partial charge in [-0.25, -0.2) is 0 Å². The Hall–Kier alpha value is -1.41. The van der Waals surface area contributed by atoms with E-state index in [4.69, 9.17) is 18.7 Å². The minimum absolute atomic E-state index is 0.0406. The summed E-state index contributed by atoms with van der Waals surface area (Å²) in [5, 5.41) is 9.04. The lowest BCUT2D eigenvalue weighted by atomic mass is 10.2. The average molecular weight is 271 g/mol. The van der Waals surface area contributed by atoms with E-state index in [9.17, 15) is 9.36 Å². The first-order valence-corrected chi connectivity index (χ1v) is 7.06. The van der Waals surface area contributed by atoms with Crippen LogP contribution in [0.25, 0.3) is 0 Å². The highest BCUT2D eigenvalue weighted by Gasteiger charge is 2.42. The molecule has 1 atom stereocenters. The topological polar surface area (TPSA) is 89.5 Å². The third-order valence-electron chi connectivity index (χ3n) is 2.07. The van der Waals surface area contributed by atoms with Crippen LogP contribution in [0.1, 0.15) is 24.4 Å². The van der Waals surface area contributed by atoms with Crippen LogP contribution in [-0.2, 0) is 13.6 Å². The zero-order chi connectivity index (χ0) is 13.6. The summed E-state index contributed by atoms with van der Waals surface area (Å²) in [7, 11) is -3.80. The smallest absolute Gasteiger partial charge is 0.355 e. The molecule has 1 rings (SSSR count). The van der Waals surface area contributed by atoms with Crippen LogP contribution < -0.4 is 0 Å². The minimum Gasteiger partial charge on any atom is -0.461 e. The van der Waals surface area contributed by atoms with Gasteiger partial charge in [0.05, 0.1) is 25.5 Å². The predicted molar refractivity (Wildman–Crippen MR) is 63.3 cm³/mol. The van der Waals surface area contributed by atoms with Crippen molar-refractivity contribution < 1.29 is 22.8 Å². The van der Waals surface area contributed by atoms with Crippen LogP contribution in [0.4, 0.5) is 0 Å². The van der Waals surface area contributed by atoms with Crippen LogP contribution >= 0.6 is 7.60 Å². The summed E-state index contributed by atoms with van der Waals surface area (Å²) in [5.41, 5.74) is -1.51. The number of furan rings is 1. The molecule has 0 aliphatic heterocycles. The predicted octanol–water partition coefficient (Wildman–Crippen LogP) is 2.62. The van der Waals surface area contributed by atoms with E-state index < -0.39 is 19.0 Å². The van der Waals surface area contributed by atoms with Crippen molar-refractivity contribution in [1.29, 1.82) is 5.26 Å². The zero-order valence-electron chi connectivity index (χ0n) is 10.2. The van der Waals surface area contributed by atoms with E-state index in [1.807, 2.05) is 0 Å². The number of hydrogen-bond donors (Lipinski definition) is 0. The third-order valence-corrected chi connectivity index (χ3v) is 4.29. The minimum atomic E-state index is -3.80. The molecule has 1 heterocycles. The molecule has 0 aliphatic rings. The van der Waals surface area contributed by atoms with Gasteiger partial charge >= 0.3 is 7.60 Å². The summed E-state index contributed by atoms with van der Waals surface area (Å²) < 4.78 is 27.2. The monoisotopic (exact) mass is 271 g/mol. The van der Waals surface area contributed by atoms with Crippen molar-refractivity contribution in [3.8, 4) is 6.07 Å². The summed E-state index contributed by atoms with van der Waals surface area (Å²) in [6, 6.07) is 4.58. The van der Waals surface area contributed by atoms with Crippen LogP contribution in [-0.4, -0.2) is 24.7 Å². The molecule has 0 saturated carbocycles. The largest absolute Gasteiger partial charge is 0.461 e. The molecule has 18 heavy (non-hydrogen) atoms. The quantitative estimate of drug-likeness (QED) is 0.559. The Morgan fingerprint density at radius 2 is 2.11 bits per heavy atom. The van der Waals surface area contributed by atoms with Gasteiger partial charge in [0.1, 0.15) is 0 Å². The van der Waals surface area contributed by atoms with E-state index in [-0.39, 0.29) is 19.0 Å². The van der Waals surface area contributed by atoms with Crippen LogP contribution in [0.15, 0.2) is 22.8 Å². The molecular formula is C11H14NO5P. The molecule has 7 heteroatoms. The zero-order valence-corrected chi connectivity index (χ0v) is 11.1. The van der Waals surface area contributed by atoms with Crippen molar-refractivity contribution in [3.63, 3.8) is 0 Å². The Morgan fingerprint density at radius 1 is 1.50 bits per heavy atom. The highest BCUT2D eigenvalue weighted by atomic mass is 31.2. The Bertz CT molecular complexity index is 466. The van der Waals surface area contributed by atoms with Gasteiger partial charge < -0.3 is 13.5 Å². The first-order valence-electron chi connectivity index (χ1n) is 5.45. The maximum Gasteiger partial charge on any atom is 0.355 e. The standard InChI is InChI=1S/C11H14NO5P/c1-3-16-18(14,17-4-2)10(8-12)11(13)9-6-5-7-15-9/h5-7,10H,3-4H2,1-2H3. The van der Waals surface area contributed by atoms with Gasteiger partial charge in [-0.3, -0.25) is 9.36 Å². The number of hydrogen-bond acceptors (Lipinski definition) is 6. The van der Waals surface area contributed by atoms with Crippen molar-refractivity contribution >= 4 is 13.4 Å². The lowest BCUT2D eigenvalue weighted by molar-refractivity contribution is 0.0958. The number of carbonyl (C=O) groups is 1. The fraction of sp³-hybridized carbons (Fsp3) is 0.455. The Kier molecular flexibility index (Phi) is 5.29. The van der Waals surface area contributed by atoms with Gasteiger partial charge in [0.25, 0.3) is 0 Å². The van der Waals surface area contributed by atoms with E-state index in [1.54, 1.807) is 19.9 Å². The first kappa shape index (κ1) is 14.7. The SMILES string of the molecule is CCOP(=O)(OCC)C(C#N)C(=O)c1ccco1. The number of rotatable bonds is 7. The Morgan fingerprint density at radius 3 is 2.50 bits per heavy atom. The second kappa shape index (κ2) is 6.50. The number of ketones is 1. The molecule has 0 amide bonds. The average Bonchev–Trinajstić information content (AvgIpc) is 2.83. The van der Waals surface area contributed by atoms with E-state index in [2.05, 4.69) is 0 Å². The normalized spacial score (nSPS) is 12.9. The van der Waals surface area contributed by atoms with Gasteiger partial charge in [0, 0.05) is 0 Å². The fourth-order valence-corrected chi connectivity index (χ4v) is 3.02. The fourth-order valence-electron chi connectivity index (χ4n) is 1.37. The van der Waals surface area contributed by atoms with Crippen molar-refractivity contribution in [2.24, 2.45) is 0 Å². The molecule has 1 unspecified atom stereocenters. The molecule has 1 aromatic heterocycles. The van der Waals surface area contributed by atoms with Gasteiger partial charge in [-0.15, -0.1) is 0 Å². The van der Waals surface area contributed by atoms with E-state index in [1.165, 1.54) is 18.4 Å². The molecular weight excluding hydrogens is 257 g/mol. The summed E-state index contributed by atoms with van der Waals surface area (Å²) in [4.78, 5) is 12.0. The lowest BCUT2D eigenvalue weighted by Crippen LogP contribution is -2.22. The second-order valence-electron chi connectivity index (χ2n) is 3.25. The molecule has 98 valence electrons. The molecule has 6 nitrogen and oxygen atoms in total. The van der Waals surface area contributed by atoms with Gasteiger partial charge in [0.15, 0.2) is 5.76 Å². The number of Topliss-reactive ketones (excluding diaryl/α,β-unsaturated/α-hetero) is 1. The van der Waals surface area contributed by atoms with Crippen LogP contribution in [0.2, 0.25) is 0 Å². The van der Waals surface area contributed by atoms with Gasteiger partial charge in [-0.05, 0) is 26.0 Å². The van der Waals surface area contributed by atoms with Crippen LogP contribution in [0.5, 0.6) is 0 Å². The molecule has 0 aliphatic carbocycles. The van der Waals surface area contributed by atoms with Crippen molar-refractivity contribution in [1.82, 2.24) is 0 Å². The van der Waals surface area contributed by atoms with Gasteiger partial charge in [0.2, 0.25) is 11.4 Å². The van der Waals surface area contributed by atoms with Crippen LogP contribution in [0.3, 0.4) is 0 Å². The summed E-state index contributed by atoms with van der Waals surface area (Å²) >= 11 is 0. The molecule has 0 spiro atoms. The summed E-state index contributed by atoms with van der Waals surface area (Å²) in [5.74, 6) is -0.742. The third kappa shape index (κ3) is 3.08. The van der Waals surface area contributed by atoms with E-state index in [0.29, 0.717) is 0 Å².